The van der Waals surface area contributed by atoms with E-state index in [1.807, 2.05) is 4.90 Å². The number of rotatable bonds is 3. The Morgan fingerprint density at radius 3 is 3.05 bits per heavy atom. The van der Waals surface area contributed by atoms with E-state index in [0.717, 1.165) is 5.69 Å². The number of nitrogens with zero attached hydrogens (tertiary/aromatic N) is 5. The first kappa shape index (κ1) is 12.9. The van der Waals surface area contributed by atoms with Crippen LogP contribution >= 0.6 is 0 Å². The third-order valence-electron chi connectivity index (χ3n) is 3.52. The molecule has 0 N–H and O–H groups in total. The maximum Gasteiger partial charge on any atom is 0.257 e. The van der Waals surface area contributed by atoms with Gasteiger partial charge in [-0.3, -0.25) is 9.48 Å². The molecule has 3 heterocycles. The first-order valence-corrected chi connectivity index (χ1v) is 6.46. The zero-order valence-corrected chi connectivity index (χ0v) is 11.6. The Morgan fingerprint density at radius 2 is 2.35 bits per heavy atom. The summed E-state index contributed by atoms with van der Waals surface area (Å²) >= 11 is 0. The number of fused-ring (bicyclic) bond motifs is 1. The van der Waals surface area contributed by atoms with Gasteiger partial charge in [-0.15, -0.1) is 0 Å². The topological polar surface area (TPSA) is 65.2 Å². The molecule has 0 fully saturated rings. The van der Waals surface area contributed by atoms with E-state index in [4.69, 9.17) is 4.74 Å². The van der Waals surface area contributed by atoms with Gasteiger partial charge in [0, 0.05) is 33.1 Å². The van der Waals surface area contributed by atoms with Crippen LogP contribution in [-0.2, 0) is 18.3 Å². The summed E-state index contributed by atoms with van der Waals surface area (Å²) in [6.07, 6.45) is 6.93. The van der Waals surface area contributed by atoms with Gasteiger partial charge in [-0.2, -0.15) is 5.10 Å². The first-order chi connectivity index (χ1) is 9.69. The van der Waals surface area contributed by atoms with Crippen LogP contribution in [0.3, 0.4) is 0 Å². The van der Waals surface area contributed by atoms with Crippen molar-refractivity contribution < 1.29 is 9.53 Å². The molecule has 0 unspecified atom stereocenters. The lowest BCUT2D eigenvalue weighted by molar-refractivity contribution is 0.0599. The highest BCUT2D eigenvalue weighted by molar-refractivity contribution is 5.93. The monoisotopic (exact) mass is 275 g/mol. The largest absolute Gasteiger partial charge is 0.382 e. The minimum Gasteiger partial charge on any atom is -0.382 e. The van der Waals surface area contributed by atoms with Crippen LogP contribution in [0.2, 0.25) is 0 Å². The maximum atomic E-state index is 12.5. The van der Waals surface area contributed by atoms with E-state index in [9.17, 15) is 4.79 Å². The number of aryl methyl sites for hydroxylation is 1. The van der Waals surface area contributed by atoms with E-state index in [1.54, 1.807) is 43.8 Å². The second-order valence-corrected chi connectivity index (χ2v) is 4.99. The van der Waals surface area contributed by atoms with E-state index in [-0.39, 0.29) is 11.9 Å². The summed E-state index contributed by atoms with van der Waals surface area (Å²) in [6, 6.07) is 0.104. The quantitative estimate of drug-likeness (QED) is 0.816. The number of methoxy groups -OCH3 is 1. The van der Waals surface area contributed by atoms with Crippen molar-refractivity contribution in [2.45, 2.75) is 12.6 Å². The van der Waals surface area contributed by atoms with Gasteiger partial charge in [-0.05, 0) is 0 Å². The lowest BCUT2D eigenvalue weighted by atomic mass is 10.1. The summed E-state index contributed by atoms with van der Waals surface area (Å²) in [5, 5.41) is 4.05. The number of amides is 1. The number of imidazole rings is 1. The number of carbonyl (C=O) groups excluding carboxylic acids is 1. The van der Waals surface area contributed by atoms with E-state index in [2.05, 4.69) is 14.6 Å². The second kappa shape index (κ2) is 5.09. The van der Waals surface area contributed by atoms with E-state index < -0.39 is 0 Å². The standard InChI is InChI=1S/C13H17N5O2/c1-16-5-10(3-15-16)13(19)17-6-11-4-14-9-18(11)12(7-17)8-20-2/h3-5,9,12H,6-8H2,1-2H3/t12-/m0/s1. The van der Waals surface area contributed by atoms with Crippen LogP contribution in [0.15, 0.2) is 24.9 Å². The van der Waals surface area contributed by atoms with Crippen LogP contribution in [-0.4, -0.2) is 50.4 Å². The lowest BCUT2D eigenvalue weighted by Gasteiger charge is -2.34. The Bertz CT molecular complexity index is 618. The third kappa shape index (κ3) is 2.20. The van der Waals surface area contributed by atoms with Gasteiger partial charge in [0.15, 0.2) is 0 Å². The molecule has 0 saturated carbocycles. The smallest absolute Gasteiger partial charge is 0.257 e. The van der Waals surface area contributed by atoms with Crippen molar-refractivity contribution in [3.63, 3.8) is 0 Å². The van der Waals surface area contributed by atoms with Crippen molar-refractivity contribution in [1.29, 1.82) is 0 Å². The molecular formula is C13H17N5O2. The highest BCUT2D eigenvalue weighted by Gasteiger charge is 2.28. The van der Waals surface area contributed by atoms with Crippen molar-refractivity contribution in [2.24, 2.45) is 7.05 Å². The summed E-state index contributed by atoms with van der Waals surface area (Å²) in [7, 11) is 3.47. The normalized spacial score (nSPS) is 18.1. The SMILES string of the molecule is COC[C@@H]1CN(C(=O)c2cnn(C)c2)Cc2cncn21. The fraction of sp³-hybridized carbons (Fsp3) is 0.462. The fourth-order valence-corrected chi connectivity index (χ4v) is 2.58. The third-order valence-corrected chi connectivity index (χ3v) is 3.52. The van der Waals surface area contributed by atoms with Crippen molar-refractivity contribution >= 4 is 5.91 Å². The average molecular weight is 275 g/mol. The predicted molar refractivity (Wildman–Crippen MR) is 71.1 cm³/mol. The molecular weight excluding hydrogens is 258 g/mol. The fourth-order valence-electron chi connectivity index (χ4n) is 2.58. The number of aromatic nitrogens is 4. The van der Waals surface area contributed by atoms with E-state index in [1.165, 1.54) is 0 Å². The van der Waals surface area contributed by atoms with Crippen LogP contribution in [0.25, 0.3) is 0 Å². The maximum absolute atomic E-state index is 12.5. The Labute approximate surface area is 116 Å². The van der Waals surface area contributed by atoms with Crippen LogP contribution in [0, 0.1) is 0 Å². The molecule has 0 aromatic carbocycles. The molecule has 20 heavy (non-hydrogen) atoms. The minimum atomic E-state index is -0.00773. The first-order valence-electron chi connectivity index (χ1n) is 6.46. The Morgan fingerprint density at radius 1 is 1.50 bits per heavy atom. The molecule has 1 amide bonds. The molecule has 0 aliphatic carbocycles. The summed E-state index contributed by atoms with van der Waals surface area (Å²) in [5.41, 5.74) is 1.63. The molecule has 7 nitrogen and oxygen atoms in total. The highest BCUT2D eigenvalue weighted by Crippen LogP contribution is 2.22. The van der Waals surface area contributed by atoms with Crippen molar-refractivity contribution in [3.05, 3.63) is 36.2 Å². The van der Waals surface area contributed by atoms with Crippen LogP contribution < -0.4 is 0 Å². The molecule has 7 heteroatoms. The van der Waals surface area contributed by atoms with Crippen LogP contribution in [0.1, 0.15) is 22.1 Å². The van der Waals surface area contributed by atoms with Crippen LogP contribution in [0.4, 0.5) is 0 Å². The molecule has 0 saturated heterocycles. The van der Waals surface area contributed by atoms with Gasteiger partial charge in [-0.1, -0.05) is 0 Å². The molecule has 106 valence electrons. The summed E-state index contributed by atoms with van der Waals surface area (Å²) in [6.45, 7) is 1.74. The van der Waals surface area contributed by atoms with Crippen molar-refractivity contribution in [1.82, 2.24) is 24.2 Å². The van der Waals surface area contributed by atoms with E-state index >= 15 is 0 Å². The molecule has 1 aliphatic heterocycles. The lowest BCUT2D eigenvalue weighted by Crippen LogP contribution is -2.42. The zero-order valence-electron chi connectivity index (χ0n) is 11.6. The summed E-state index contributed by atoms with van der Waals surface area (Å²) in [5.74, 6) is -0.00773. The van der Waals surface area contributed by atoms with Crippen molar-refractivity contribution in [2.75, 3.05) is 20.3 Å². The van der Waals surface area contributed by atoms with Gasteiger partial charge in [0.05, 0.1) is 43.0 Å². The van der Waals surface area contributed by atoms with Gasteiger partial charge >= 0.3 is 0 Å². The van der Waals surface area contributed by atoms with Gasteiger partial charge < -0.3 is 14.2 Å². The Kier molecular flexibility index (Phi) is 3.27. The molecule has 1 atom stereocenters. The summed E-state index contributed by atoms with van der Waals surface area (Å²) < 4.78 is 8.96. The molecule has 1 aliphatic rings. The number of hydrogen-bond acceptors (Lipinski definition) is 4. The number of carbonyl (C=O) groups is 1. The number of ether oxygens (including phenoxy) is 1. The molecule has 0 bridgehead atoms. The van der Waals surface area contributed by atoms with E-state index in [0.29, 0.717) is 25.3 Å². The van der Waals surface area contributed by atoms with Gasteiger partial charge in [0.1, 0.15) is 0 Å². The highest BCUT2D eigenvalue weighted by atomic mass is 16.5. The molecule has 2 aromatic heterocycles. The van der Waals surface area contributed by atoms with Gasteiger partial charge in [0.25, 0.3) is 5.91 Å². The summed E-state index contributed by atoms with van der Waals surface area (Å²) in [4.78, 5) is 18.5. The Hall–Kier alpha value is -2.15. The Balaban J connectivity index is 1.84. The average Bonchev–Trinajstić information content (AvgIpc) is 3.06. The van der Waals surface area contributed by atoms with Crippen molar-refractivity contribution in [3.8, 4) is 0 Å². The molecule has 2 aromatic rings. The van der Waals surface area contributed by atoms with Gasteiger partial charge in [0.2, 0.25) is 0 Å². The molecule has 0 radical (unpaired) electrons. The number of hydrogen-bond donors (Lipinski definition) is 0. The van der Waals surface area contributed by atoms with Gasteiger partial charge in [-0.25, -0.2) is 4.98 Å². The molecule has 3 rings (SSSR count). The second-order valence-electron chi connectivity index (χ2n) is 4.99. The van der Waals surface area contributed by atoms with Crippen LogP contribution in [0.5, 0.6) is 0 Å². The molecule has 0 spiro atoms. The minimum absolute atomic E-state index is 0.00773. The predicted octanol–water partition coefficient (Wildman–Crippen LogP) is 0.460. The zero-order chi connectivity index (χ0) is 14.1.